The van der Waals surface area contributed by atoms with Gasteiger partial charge in [-0.3, -0.25) is 4.68 Å². The van der Waals surface area contributed by atoms with Gasteiger partial charge in [-0.15, -0.1) is 11.3 Å². The fourth-order valence-corrected chi connectivity index (χ4v) is 3.25. The van der Waals surface area contributed by atoms with Crippen LogP contribution in [-0.4, -0.2) is 14.9 Å². The van der Waals surface area contributed by atoms with E-state index in [1.54, 1.807) is 11.3 Å². The minimum Gasteiger partial charge on any atom is -0.384 e. The number of aliphatic hydroxyl groups is 1. The van der Waals surface area contributed by atoms with Gasteiger partial charge in [0, 0.05) is 23.5 Å². The highest BCUT2D eigenvalue weighted by Gasteiger charge is 2.27. The van der Waals surface area contributed by atoms with Gasteiger partial charge in [0.1, 0.15) is 5.60 Å². The Kier molecular flexibility index (Phi) is 4.11. The Morgan fingerprint density at radius 1 is 1.47 bits per heavy atom. The number of hydrogen-bond acceptors (Lipinski definition) is 3. The van der Waals surface area contributed by atoms with E-state index < -0.39 is 5.60 Å². The second kappa shape index (κ2) is 5.47. The third-order valence-corrected chi connectivity index (χ3v) is 4.85. The van der Waals surface area contributed by atoms with Gasteiger partial charge >= 0.3 is 0 Å². The summed E-state index contributed by atoms with van der Waals surface area (Å²) in [6.45, 7) is 8.21. The van der Waals surface area contributed by atoms with Crippen LogP contribution in [0.3, 0.4) is 0 Å². The molecule has 2 aromatic heterocycles. The number of aryl methyl sites for hydroxylation is 1. The minimum absolute atomic E-state index is 0.405. The summed E-state index contributed by atoms with van der Waals surface area (Å²) in [5, 5.41) is 17.3. The fourth-order valence-electron chi connectivity index (χ4n) is 2.26. The quantitative estimate of drug-likeness (QED) is 0.906. The zero-order chi connectivity index (χ0) is 14.0. The predicted octanol–water partition coefficient (Wildman–Crippen LogP) is 3.67. The molecule has 104 valence electrons. The Morgan fingerprint density at radius 3 is 2.79 bits per heavy atom. The van der Waals surface area contributed by atoms with Crippen molar-refractivity contribution < 1.29 is 5.11 Å². The molecule has 1 N–H and O–H groups in total. The summed E-state index contributed by atoms with van der Waals surface area (Å²) < 4.78 is 1.98. The highest BCUT2D eigenvalue weighted by atomic mass is 32.1. The van der Waals surface area contributed by atoms with Gasteiger partial charge in [0.05, 0.1) is 5.69 Å². The van der Waals surface area contributed by atoms with E-state index in [0.717, 1.165) is 22.6 Å². The van der Waals surface area contributed by atoms with Crippen LogP contribution in [0.1, 0.15) is 49.4 Å². The SMILES string of the molecule is CCC(C)n1ccc(CC(C)(O)c2sccc2C)n1. The van der Waals surface area contributed by atoms with Crippen LogP contribution in [0.2, 0.25) is 0 Å². The van der Waals surface area contributed by atoms with Crippen molar-refractivity contribution in [1.82, 2.24) is 9.78 Å². The molecule has 2 aromatic rings. The molecule has 0 bridgehead atoms. The van der Waals surface area contributed by atoms with Crippen molar-refractivity contribution in [1.29, 1.82) is 0 Å². The van der Waals surface area contributed by atoms with Crippen molar-refractivity contribution in [3.8, 4) is 0 Å². The number of hydrogen-bond donors (Lipinski definition) is 1. The molecule has 0 fully saturated rings. The first-order valence-electron chi connectivity index (χ1n) is 6.75. The molecule has 2 atom stereocenters. The van der Waals surface area contributed by atoms with E-state index in [4.69, 9.17) is 0 Å². The Bertz CT molecular complexity index is 542. The average molecular weight is 278 g/mol. The van der Waals surface area contributed by atoms with Crippen LogP contribution in [0.5, 0.6) is 0 Å². The molecule has 0 amide bonds. The van der Waals surface area contributed by atoms with Crippen LogP contribution < -0.4 is 0 Å². The van der Waals surface area contributed by atoms with E-state index >= 15 is 0 Å². The van der Waals surface area contributed by atoms with Gasteiger partial charge in [-0.2, -0.15) is 5.10 Å². The van der Waals surface area contributed by atoms with Crippen molar-refractivity contribution in [2.45, 2.75) is 52.2 Å². The molecule has 2 unspecified atom stereocenters. The van der Waals surface area contributed by atoms with Gasteiger partial charge in [-0.25, -0.2) is 0 Å². The lowest BCUT2D eigenvalue weighted by Gasteiger charge is -2.22. The second-order valence-electron chi connectivity index (χ2n) is 5.43. The Labute approximate surface area is 118 Å². The van der Waals surface area contributed by atoms with E-state index in [0.29, 0.717) is 12.5 Å². The zero-order valence-electron chi connectivity index (χ0n) is 12.1. The maximum atomic E-state index is 10.7. The molecule has 0 radical (unpaired) electrons. The van der Waals surface area contributed by atoms with Gasteiger partial charge in [-0.05, 0) is 50.3 Å². The molecule has 0 aliphatic carbocycles. The van der Waals surface area contributed by atoms with Gasteiger partial charge in [-0.1, -0.05) is 6.92 Å². The van der Waals surface area contributed by atoms with Crippen LogP contribution in [0.15, 0.2) is 23.7 Å². The molecule has 0 saturated heterocycles. The third kappa shape index (κ3) is 3.07. The molecule has 0 spiro atoms. The summed E-state index contributed by atoms with van der Waals surface area (Å²) in [5.41, 5.74) is 1.25. The lowest BCUT2D eigenvalue weighted by atomic mass is 9.96. The first kappa shape index (κ1) is 14.3. The molecule has 2 heterocycles. The summed E-state index contributed by atoms with van der Waals surface area (Å²) in [5.74, 6) is 0. The number of rotatable bonds is 5. The van der Waals surface area contributed by atoms with E-state index in [1.807, 2.05) is 42.2 Å². The molecule has 0 aromatic carbocycles. The summed E-state index contributed by atoms with van der Waals surface area (Å²) in [4.78, 5) is 1.03. The van der Waals surface area contributed by atoms with Crippen molar-refractivity contribution >= 4 is 11.3 Å². The Morgan fingerprint density at radius 2 is 2.21 bits per heavy atom. The van der Waals surface area contributed by atoms with Crippen molar-refractivity contribution in [3.63, 3.8) is 0 Å². The van der Waals surface area contributed by atoms with Crippen molar-refractivity contribution in [3.05, 3.63) is 39.8 Å². The highest BCUT2D eigenvalue weighted by Crippen LogP contribution is 2.31. The molecule has 4 heteroatoms. The summed E-state index contributed by atoms with van der Waals surface area (Å²) in [6.07, 6.45) is 3.61. The largest absolute Gasteiger partial charge is 0.384 e. The van der Waals surface area contributed by atoms with E-state index in [2.05, 4.69) is 18.9 Å². The molecular weight excluding hydrogens is 256 g/mol. The zero-order valence-corrected chi connectivity index (χ0v) is 12.9. The van der Waals surface area contributed by atoms with Crippen molar-refractivity contribution in [2.75, 3.05) is 0 Å². The monoisotopic (exact) mass is 278 g/mol. The van der Waals surface area contributed by atoms with Gasteiger partial charge in [0.15, 0.2) is 0 Å². The average Bonchev–Trinajstić information content (AvgIpc) is 2.96. The van der Waals surface area contributed by atoms with Crippen LogP contribution in [0.25, 0.3) is 0 Å². The maximum absolute atomic E-state index is 10.7. The maximum Gasteiger partial charge on any atom is 0.102 e. The van der Waals surface area contributed by atoms with E-state index in [-0.39, 0.29) is 0 Å². The third-order valence-electron chi connectivity index (χ3n) is 3.58. The number of thiophene rings is 1. The lowest BCUT2D eigenvalue weighted by Crippen LogP contribution is -2.24. The van der Waals surface area contributed by atoms with E-state index in [9.17, 15) is 5.11 Å². The molecule has 0 aliphatic heterocycles. The lowest BCUT2D eigenvalue weighted by molar-refractivity contribution is 0.0596. The van der Waals surface area contributed by atoms with Gasteiger partial charge in [0.25, 0.3) is 0 Å². The Balaban J connectivity index is 2.16. The first-order chi connectivity index (χ1) is 8.94. The minimum atomic E-state index is -0.840. The van der Waals surface area contributed by atoms with Crippen LogP contribution in [0, 0.1) is 6.92 Å². The van der Waals surface area contributed by atoms with Crippen LogP contribution in [0.4, 0.5) is 0 Å². The second-order valence-corrected chi connectivity index (χ2v) is 6.34. The van der Waals surface area contributed by atoms with Gasteiger partial charge < -0.3 is 5.11 Å². The predicted molar refractivity (Wildman–Crippen MR) is 79.6 cm³/mol. The molecule has 19 heavy (non-hydrogen) atoms. The Hall–Kier alpha value is -1.13. The molecular formula is C15H22N2OS. The van der Waals surface area contributed by atoms with Crippen molar-refractivity contribution in [2.24, 2.45) is 0 Å². The topological polar surface area (TPSA) is 38.0 Å². The smallest absolute Gasteiger partial charge is 0.102 e. The summed E-state index contributed by atoms with van der Waals surface area (Å²) >= 11 is 1.61. The first-order valence-corrected chi connectivity index (χ1v) is 7.63. The fraction of sp³-hybridized carbons (Fsp3) is 0.533. The molecule has 3 nitrogen and oxygen atoms in total. The van der Waals surface area contributed by atoms with Crippen LogP contribution >= 0.6 is 11.3 Å². The summed E-state index contributed by atoms with van der Waals surface area (Å²) in [6, 6.07) is 4.46. The van der Waals surface area contributed by atoms with Crippen LogP contribution in [-0.2, 0) is 12.0 Å². The molecule has 0 aliphatic rings. The highest BCUT2D eigenvalue weighted by molar-refractivity contribution is 7.10. The molecule has 2 rings (SSSR count). The van der Waals surface area contributed by atoms with E-state index in [1.165, 1.54) is 0 Å². The standard InChI is InChI=1S/C15H22N2OS/c1-5-12(3)17-8-6-13(16-17)10-15(4,18)14-11(2)7-9-19-14/h6-9,12,18H,5,10H2,1-4H3. The number of aromatic nitrogens is 2. The summed E-state index contributed by atoms with van der Waals surface area (Å²) in [7, 11) is 0. The normalized spacial score (nSPS) is 16.3. The molecule has 0 saturated carbocycles. The number of nitrogens with zero attached hydrogens (tertiary/aromatic N) is 2. The van der Waals surface area contributed by atoms with Gasteiger partial charge in [0.2, 0.25) is 0 Å².